The number of carbonyl (C=O) groups excluding carboxylic acids is 1. The highest BCUT2D eigenvalue weighted by molar-refractivity contribution is 5.94. The quantitative estimate of drug-likeness (QED) is 0.573. The SMILES string of the molecule is COc1ccc(C(=O)Oc2ccc3c(c2)CN(C)CC3C2(O)CCCCC2)c(OC)c1. The van der Waals surface area contributed by atoms with Gasteiger partial charge >= 0.3 is 5.97 Å². The highest BCUT2D eigenvalue weighted by Gasteiger charge is 2.41. The Morgan fingerprint density at radius 2 is 1.77 bits per heavy atom. The van der Waals surface area contributed by atoms with Crippen LogP contribution in [0.15, 0.2) is 36.4 Å². The van der Waals surface area contributed by atoms with Crippen LogP contribution in [0.2, 0.25) is 0 Å². The first-order valence-electron chi connectivity index (χ1n) is 10.9. The lowest BCUT2D eigenvalue weighted by Gasteiger charge is -2.44. The number of rotatable bonds is 5. The summed E-state index contributed by atoms with van der Waals surface area (Å²) in [4.78, 5) is 15.0. The first kappa shape index (κ1) is 21.7. The Bertz CT molecular complexity index is 951. The van der Waals surface area contributed by atoms with E-state index < -0.39 is 11.6 Å². The fraction of sp³-hybridized carbons (Fsp3) is 0.480. The molecule has 0 radical (unpaired) electrons. The number of benzene rings is 2. The van der Waals surface area contributed by atoms with Gasteiger partial charge in [0.25, 0.3) is 0 Å². The van der Waals surface area contributed by atoms with Crippen LogP contribution in [-0.4, -0.2) is 49.4 Å². The molecule has 0 aromatic heterocycles. The van der Waals surface area contributed by atoms with Crippen molar-refractivity contribution in [2.75, 3.05) is 27.8 Å². The maximum atomic E-state index is 12.8. The van der Waals surface area contributed by atoms with Crippen LogP contribution < -0.4 is 14.2 Å². The van der Waals surface area contributed by atoms with Gasteiger partial charge in [-0.25, -0.2) is 4.79 Å². The minimum absolute atomic E-state index is 0.0768. The molecule has 2 aromatic rings. The lowest BCUT2D eigenvalue weighted by atomic mass is 9.70. The van der Waals surface area contributed by atoms with Gasteiger partial charge in [-0.05, 0) is 55.3 Å². The van der Waals surface area contributed by atoms with E-state index in [2.05, 4.69) is 11.9 Å². The molecule has 2 aromatic carbocycles. The number of likely N-dealkylation sites (N-methyl/N-ethyl adjacent to an activating group) is 1. The summed E-state index contributed by atoms with van der Waals surface area (Å²) in [7, 11) is 5.15. The number of carbonyl (C=O) groups is 1. The molecular weight excluding hydrogens is 394 g/mol. The number of aliphatic hydroxyl groups is 1. The summed E-state index contributed by atoms with van der Waals surface area (Å²) < 4.78 is 16.2. The molecule has 1 saturated carbocycles. The zero-order chi connectivity index (χ0) is 22.0. The van der Waals surface area contributed by atoms with Gasteiger partial charge in [-0.1, -0.05) is 25.3 Å². The summed E-state index contributed by atoms with van der Waals surface area (Å²) in [5, 5.41) is 11.4. The lowest BCUT2D eigenvalue weighted by Crippen LogP contribution is -2.46. The summed E-state index contributed by atoms with van der Waals surface area (Å²) in [6, 6.07) is 10.8. The lowest BCUT2D eigenvalue weighted by molar-refractivity contribution is -0.0333. The van der Waals surface area contributed by atoms with Crippen molar-refractivity contribution in [3.63, 3.8) is 0 Å². The van der Waals surface area contributed by atoms with Gasteiger partial charge in [0.15, 0.2) is 0 Å². The molecule has 2 aliphatic rings. The standard InChI is InChI=1S/C25H31NO5/c1-26-15-17-13-19(31-24(27)21-10-7-18(29-2)14-23(21)30-3)8-9-20(17)22(16-26)25(28)11-5-4-6-12-25/h7-10,13-14,22,28H,4-6,11-12,15-16H2,1-3H3. The van der Waals surface area contributed by atoms with E-state index in [0.29, 0.717) is 22.8 Å². The molecule has 1 atom stereocenters. The van der Waals surface area contributed by atoms with Crippen LogP contribution in [0.1, 0.15) is 59.5 Å². The minimum atomic E-state index is -0.656. The Balaban J connectivity index is 1.58. The first-order valence-corrected chi connectivity index (χ1v) is 10.9. The average molecular weight is 426 g/mol. The van der Waals surface area contributed by atoms with Crippen molar-refractivity contribution in [1.29, 1.82) is 0 Å². The molecule has 6 nitrogen and oxygen atoms in total. The molecule has 1 fully saturated rings. The van der Waals surface area contributed by atoms with Crippen molar-refractivity contribution in [3.8, 4) is 17.2 Å². The zero-order valence-corrected chi connectivity index (χ0v) is 18.5. The number of esters is 1. The van der Waals surface area contributed by atoms with E-state index in [4.69, 9.17) is 14.2 Å². The maximum Gasteiger partial charge on any atom is 0.347 e. The topological polar surface area (TPSA) is 68.2 Å². The number of fused-ring (bicyclic) bond motifs is 1. The van der Waals surface area contributed by atoms with Crippen molar-refractivity contribution in [2.45, 2.75) is 50.2 Å². The van der Waals surface area contributed by atoms with E-state index in [0.717, 1.165) is 44.3 Å². The highest BCUT2D eigenvalue weighted by Crippen LogP contribution is 2.44. The Morgan fingerprint density at radius 1 is 1.03 bits per heavy atom. The molecule has 0 bridgehead atoms. The van der Waals surface area contributed by atoms with Gasteiger partial charge < -0.3 is 24.2 Å². The van der Waals surface area contributed by atoms with Gasteiger partial charge in [0.05, 0.1) is 19.8 Å². The first-order chi connectivity index (χ1) is 14.9. The van der Waals surface area contributed by atoms with Gasteiger partial charge in [0.2, 0.25) is 0 Å². The fourth-order valence-electron chi connectivity index (χ4n) is 4.99. The van der Waals surface area contributed by atoms with Gasteiger partial charge in [-0.3, -0.25) is 0 Å². The van der Waals surface area contributed by atoms with Crippen molar-refractivity contribution in [1.82, 2.24) is 4.90 Å². The van der Waals surface area contributed by atoms with E-state index in [9.17, 15) is 9.90 Å². The predicted molar refractivity (Wildman–Crippen MR) is 118 cm³/mol. The third-order valence-electron chi connectivity index (χ3n) is 6.63. The third-order valence-corrected chi connectivity index (χ3v) is 6.63. The number of ether oxygens (including phenoxy) is 3. The van der Waals surface area contributed by atoms with Gasteiger partial charge in [-0.2, -0.15) is 0 Å². The van der Waals surface area contributed by atoms with E-state index >= 15 is 0 Å². The number of hydrogen-bond acceptors (Lipinski definition) is 6. The van der Waals surface area contributed by atoms with Crippen molar-refractivity contribution in [2.24, 2.45) is 0 Å². The Morgan fingerprint density at radius 3 is 2.48 bits per heavy atom. The molecule has 1 aliphatic heterocycles. The van der Waals surface area contributed by atoms with E-state index in [-0.39, 0.29) is 5.92 Å². The molecule has 6 heteroatoms. The molecule has 1 N–H and O–H groups in total. The van der Waals surface area contributed by atoms with Crippen LogP contribution in [0.25, 0.3) is 0 Å². The zero-order valence-electron chi connectivity index (χ0n) is 18.5. The molecule has 1 heterocycles. The van der Waals surface area contributed by atoms with Crippen molar-refractivity contribution >= 4 is 5.97 Å². The molecule has 166 valence electrons. The average Bonchev–Trinajstić information content (AvgIpc) is 2.78. The van der Waals surface area contributed by atoms with Crippen LogP contribution in [0, 0.1) is 0 Å². The Kier molecular flexibility index (Phi) is 6.21. The molecular formula is C25H31NO5. The molecule has 0 saturated heterocycles. The van der Waals surface area contributed by atoms with Crippen LogP contribution in [0.5, 0.6) is 17.2 Å². The molecule has 0 amide bonds. The summed E-state index contributed by atoms with van der Waals surface area (Å²) >= 11 is 0. The van der Waals surface area contributed by atoms with Gasteiger partial charge in [0.1, 0.15) is 22.8 Å². The number of nitrogens with zero attached hydrogens (tertiary/aromatic N) is 1. The molecule has 1 unspecified atom stereocenters. The maximum absolute atomic E-state index is 12.8. The number of methoxy groups -OCH3 is 2. The van der Waals surface area contributed by atoms with Crippen molar-refractivity contribution in [3.05, 3.63) is 53.1 Å². The summed E-state index contributed by atoms with van der Waals surface area (Å²) in [6.07, 6.45) is 5.04. The van der Waals surface area contributed by atoms with E-state index in [1.54, 1.807) is 25.3 Å². The summed E-state index contributed by atoms with van der Waals surface area (Å²) in [5.41, 5.74) is 1.96. The van der Waals surface area contributed by atoms with Crippen LogP contribution >= 0.6 is 0 Å². The minimum Gasteiger partial charge on any atom is -0.497 e. The second kappa shape index (κ2) is 8.89. The summed E-state index contributed by atoms with van der Waals surface area (Å²) in [6.45, 7) is 1.60. The van der Waals surface area contributed by atoms with Gasteiger partial charge in [-0.15, -0.1) is 0 Å². The third kappa shape index (κ3) is 4.41. The van der Waals surface area contributed by atoms with E-state index in [1.807, 2.05) is 18.2 Å². The normalized spacial score (nSPS) is 20.6. The van der Waals surface area contributed by atoms with Gasteiger partial charge in [0, 0.05) is 25.1 Å². The Labute approximate surface area is 183 Å². The molecule has 4 rings (SSSR count). The molecule has 0 spiro atoms. The predicted octanol–water partition coefficient (Wildman–Crippen LogP) is 4.15. The van der Waals surface area contributed by atoms with Crippen molar-refractivity contribution < 1.29 is 24.1 Å². The number of hydrogen-bond donors (Lipinski definition) is 1. The Hall–Kier alpha value is -2.57. The summed E-state index contributed by atoms with van der Waals surface area (Å²) in [5.74, 6) is 1.10. The smallest absolute Gasteiger partial charge is 0.347 e. The van der Waals surface area contributed by atoms with E-state index in [1.165, 1.54) is 19.1 Å². The van der Waals surface area contributed by atoms with Crippen LogP contribution in [-0.2, 0) is 6.54 Å². The second-order valence-corrected chi connectivity index (χ2v) is 8.73. The molecule has 31 heavy (non-hydrogen) atoms. The second-order valence-electron chi connectivity index (χ2n) is 8.73. The fourth-order valence-corrected chi connectivity index (χ4v) is 4.99. The highest BCUT2D eigenvalue weighted by atomic mass is 16.5. The monoisotopic (exact) mass is 425 g/mol. The largest absolute Gasteiger partial charge is 0.497 e. The molecule has 1 aliphatic carbocycles. The van der Waals surface area contributed by atoms with Crippen LogP contribution in [0.3, 0.4) is 0 Å². The van der Waals surface area contributed by atoms with Crippen LogP contribution in [0.4, 0.5) is 0 Å².